The van der Waals surface area contributed by atoms with E-state index in [1.54, 1.807) is 38.5 Å². The fourth-order valence-corrected chi connectivity index (χ4v) is 2.37. The average molecular weight is 339 g/mol. The molecule has 8 heteroatoms. The third-order valence-corrected chi connectivity index (χ3v) is 3.58. The van der Waals surface area contributed by atoms with E-state index in [4.69, 9.17) is 9.47 Å². The van der Waals surface area contributed by atoms with Gasteiger partial charge >= 0.3 is 0 Å². The van der Waals surface area contributed by atoms with Gasteiger partial charge in [-0.25, -0.2) is 0 Å². The topological polar surface area (TPSA) is 102 Å². The van der Waals surface area contributed by atoms with Crippen LogP contribution in [-0.4, -0.2) is 40.8 Å². The summed E-state index contributed by atoms with van der Waals surface area (Å²) < 4.78 is 10.4. The summed E-state index contributed by atoms with van der Waals surface area (Å²) in [6.45, 7) is 0. The molecule has 0 saturated carbocycles. The number of nitrogens with zero attached hydrogens (tertiary/aromatic N) is 3. The minimum absolute atomic E-state index is 0.125. The lowest BCUT2D eigenvalue weighted by Gasteiger charge is -2.10. The Morgan fingerprint density at radius 1 is 1.08 bits per heavy atom. The second-order valence-electron chi connectivity index (χ2n) is 5.23. The van der Waals surface area contributed by atoms with E-state index < -0.39 is 0 Å². The molecular formula is C17H17N5O3. The highest BCUT2D eigenvalue weighted by molar-refractivity contribution is 5.92. The molecule has 0 radical (unpaired) electrons. The third kappa shape index (κ3) is 3.92. The molecule has 8 nitrogen and oxygen atoms in total. The van der Waals surface area contributed by atoms with E-state index in [9.17, 15) is 4.79 Å². The van der Waals surface area contributed by atoms with Gasteiger partial charge in [-0.15, -0.1) is 10.2 Å². The Morgan fingerprint density at radius 3 is 2.48 bits per heavy atom. The molecule has 1 aromatic heterocycles. The molecule has 128 valence electrons. The lowest BCUT2D eigenvalue weighted by atomic mass is 10.1. The van der Waals surface area contributed by atoms with E-state index >= 15 is 0 Å². The molecule has 25 heavy (non-hydrogen) atoms. The van der Waals surface area contributed by atoms with Gasteiger partial charge in [-0.2, -0.15) is 5.21 Å². The molecule has 1 heterocycles. The Labute approximate surface area is 144 Å². The number of H-pyrrole nitrogens is 1. The number of anilines is 1. The van der Waals surface area contributed by atoms with Crippen molar-refractivity contribution in [3.63, 3.8) is 0 Å². The van der Waals surface area contributed by atoms with Crippen LogP contribution >= 0.6 is 0 Å². The summed E-state index contributed by atoms with van der Waals surface area (Å²) in [5.41, 5.74) is 2.34. The first kappa shape index (κ1) is 16.4. The quantitative estimate of drug-likeness (QED) is 0.713. The van der Waals surface area contributed by atoms with Crippen LogP contribution in [0.3, 0.4) is 0 Å². The van der Waals surface area contributed by atoms with Gasteiger partial charge in [0.25, 0.3) is 0 Å². The number of ether oxygens (including phenoxy) is 2. The summed E-state index contributed by atoms with van der Waals surface area (Å²) in [6, 6.07) is 12.6. The molecule has 3 rings (SSSR count). The van der Waals surface area contributed by atoms with Crippen molar-refractivity contribution in [1.29, 1.82) is 0 Å². The maximum atomic E-state index is 12.2. The van der Waals surface area contributed by atoms with Crippen LogP contribution < -0.4 is 14.8 Å². The molecule has 0 bridgehead atoms. The van der Waals surface area contributed by atoms with Gasteiger partial charge in [0.2, 0.25) is 11.7 Å². The second kappa shape index (κ2) is 7.43. The first-order valence-corrected chi connectivity index (χ1v) is 7.54. The van der Waals surface area contributed by atoms with E-state index in [1.165, 1.54) is 0 Å². The van der Waals surface area contributed by atoms with Crippen molar-refractivity contribution in [2.75, 3.05) is 19.5 Å². The molecule has 3 aromatic rings. The fourth-order valence-electron chi connectivity index (χ4n) is 2.37. The van der Waals surface area contributed by atoms with Gasteiger partial charge in [-0.05, 0) is 47.2 Å². The second-order valence-corrected chi connectivity index (χ2v) is 5.23. The lowest BCUT2D eigenvalue weighted by Crippen LogP contribution is -2.14. The predicted octanol–water partition coefficient (Wildman–Crippen LogP) is 2.07. The molecule has 0 aliphatic rings. The number of nitrogens with one attached hydrogen (secondary N) is 2. The highest BCUT2D eigenvalue weighted by atomic mass is 16.5. The molecule has 1 amide bonds. The molecule has 0 aliphatic carbocycles. The van der Waals surface area contributed by atoms with Crippen LogP contribution in [0.2, 0.25) is 0 Å². The van der Waals surface area contributed by atoms with Crippen LogP contribution in [0, 0.1) is 0 Å². The van der Waals surface area contributed by atoms with Crippen molar-refractivity contribution < 1.29 is 14.3 Å². The summed E-state index contributed by atoms with van der Waals surface area (Å²) in [5.74, 6) is 1.60. The molecule has 0 atom stereocenters. The number of aromatic nitrogens is 4. The van der Waals surface area contributed by atoms with Crippen LogP contribution in [-0.2, 0) is 11.2 Å². The number of amides is 1. The number of aromatic amines is 1. The molecule has 0 aliphatic heterocycles. The lowest BCUT2D eigenvalue weighted by molar-refractivity contribution is -0.115. The average Bonchev–Trinajstić information content (AvgIpc) is 3.17. The molecule has 0 spiro atoms. The maximum Gasteiger partial charge on any atom is 0.228 e. The number of hydrogen-bond donors (Lipinski definition) is 2. The highest BCUT2D eigenvalue weighted by Crippen LogP contribution is 2.27. The Bertz CT molecular complexity index is 847. The van der Waals surface area contributed by atoms with Crippen molar-refractivity contribution in [3.8, 4) is 22.9 Å². The summed E-state index contributed by atoms with van der Waals surface area (Å²) in [5, 5.41) is 16.6. The first-order chi connectivity index (χ1) is 12.2. The normalized spacial score (nSPS) is 10.3. The standard InChI is InChI=1S/C17H17N5O3/c1-24-14-8-3-11(9-15(14)25-2)10-16(23)18-13-6-4-12(5-7-13)17-19-21-22-20-17/h3-9H,10H2,1-2H3,(H,18,23)(H,19,20,21,22). The van der Waals surface area contributed by atoms with Crippen molar-refractivity contribution in [2.24, 2.45) is 0 Å². The van der Waals surface area contributed by atoms with Gasteiger partial charge in [0.05, 0.1) is 20.6 Å². The Kier molecular flexibility index (Phi) is 4.89. The Morgan fingerprint density at radius 2 is 1.84 bits per heavy atom. The van der Waals surface area contributed by atoms with Crippen LogP contribution in [0.15, 0.2) is 42.5 Å². The molecule has 2 N–H and O–H groups in total. The molecule has 2 aromatic carbocycles. The zero-order valence-electron chi connectivity index (χ0n) is 13.8. The summed E-state index contributed by atoms with van der Waals surface area (Å²) in [4.78, 5) is 12.2. The molecule has 0 saturated heterocycles. The number of benzene rings is 2. The van der Waals surface area contributed by atoms with Gasteiger partial charge in [-0.3, -0.25) is 4.79 Å². The van der Waals surface area contributed by atoms with E-state index in [0.717, 1.165) is 11.1 Å². The zero-order chi connectivity index (χ0) is 17.6. The van der Waals surface area contributed by atoms with E-state index in [2.05, 4.69) is 25.9 Å². The largest absolute Gasteiger partial charge is 0.493 e. The minimum Gasteiger partial charge on any atom is -0.493 e. The molecular weight excluding hydrogens is 322 g/mol. The monoisotopic (exact) mass is 339 g/mol. The smallest absolute Gasteiger partial charge is 0.228 e. The molecule has 0 unspecified atom stereocenters. The van der Waals surface area contributed by atoms with Gasteiger partial charge < -0.3 is 14.8 Å². The van der Waals surface area contributed by atoms with Gasteiger partial charge in [-0.1, -0.05) is 6.07 Å². The van der Waals surface area contributed by atoms with Gasteiger partial charge in [0.1, 0.15) is 0 Å². The summed E-state index contributed by atoms with van der Waals surface area (Å²) in [6.07, 6.45) is 0.229. The van der Waals surface area contributed by atoms with Crippen molar-refractivity contribution in [2.45, 2.75) is 6.42 Å². The van der Waals surface area contributed by atoms with E-state index in [1.807, 2.05) is 18.2 Å². The van der Waals surface area contributed by atoms with Gasteiger partial charge in [0, 0.05) is 11.3 Å². The fraction of sp³-hybridized carbons (Fsp3) is 0.176. The van der Waals surface area contributed by atoms with Crippen LogP contribution in [0.5, 0.6) is 11.5 Å². The van der Waals surface area contributed by atoms with E-state index in [0.29, 0.717) is 23.0 Å². The predicted molar refractivity (Wildman–Crippen MR) is 91.5 cm³/mol. The Hall–Kier alpha value is -3.42. The van der Waals surface area contributed by atoms with Crippen molar-refractivity contribution in [3.05, 3.63) is 48.0 Å². The highest BCUT2D eigenvalue weighted by Gasteiger charge is 2.09. The number of carbonyl (C=O) groups is 1. The van der Waals surface area contributed by atoms with Crippen LogP contribution in [0.1, 0.15) is 5.56 Å². The summed E-state index contributed by atoms with van der Waals surface area (Å²) in [7, 11) is 3.13. The van der Waals surface area contributed by atoms with Crippen LogP contribution in [0.25, 0.3) is 11.4 Å². The van der Waals surface area contributed by atoms with Gasteiger partial charge in [0.15, 0.2) is 11.5 Å². The summed E-state index contributed by atoms with van der Waals surface area (Å²) >= 11 is 0. The SMILES string of the molecule is COc1ccc(CC(=O)Nc2ccc(-c3nn[nH]n3)cc2)cc1OC. The van der Waals surface area contributed by atoms with Crippen molar-refractivity contribution in [1.82, 2.24) is 20.6 Å². The third-order valence-electron chi connectivity index (χ3n) is 3.58. The van der Waals surface area contributed by atoms with Crippen molar-refractivity contribution >= 4 is 11.6 Å². The zero-order valence-corrected chi connectivity index (χ0v) is 13.8. The maximum absolute atomic E-state index is 12.2. The number of hydrogen-bond acceptors (Lipinski definition) is 6. The minimum atomic E-state index is -0.125. The first-order valence-electron chi connectivity index (χ1n) is 7.54. The van der Waals surface area contributed by atoms with E-state index in [-0.39, 0.29) is 12.3 Å². The number of carbonyl (C=O) groups excluding carboxylic acids is 1. The Balaban J connectivity index is 1.64. The van der Waals surface area contributed by atoms with Crippen LogP contribution in [0.4, 0.5) is 5.69 Å². The molecule has 0 fully saturated rings. The number of rotatable bonds is 6. The number of tetrazole rings is 1. The number of methoxy groups -OCH3 is 2.